The van der Waals surface area contributed by atoms with Gasteiger partial charge >= 0.3 is 0 Å². The van der Waals surface area contributed by atoms with Crippen molar-refractivity contribution >= 4 is 23.4 Å². The summed E-state index contributed by atoms with van der Waals surface area (Å²) < 4.78 is 5.31. The maximum Gasteiger partial charge on any atom is 0.257 e. The second-order valence-corrected chi connectivity index (χ2v) is 6.48. The molecule has 23 heavy (non-hydrogen) atoms. The lowest BCUT2D eigenvalue weighted by atomic mass is 10.1. The molecule has 6 heteroatoms. The molecule has 1 aromatic rings. The molecule has 1 aromatic carbocycles. The molecule has 1 heterocycles. The third-order valence-electron chi connectivity index (χ3n) is 4.08. The first-order valence-corrected chi connectivity index (χ1v) is 8.15. The Bertz CT molecular complexity index is 608. The SMILES string of the molecule is COc1cc(C)c(Cl)cc1C(=O)N1CCN(C(=O)C(C)C)CC1. The Labute approximate surface area is 142 Å². The Balaban J connectivity index is 2.11. The molecular weight excluding hydrogens is 316 g/mol. The van der Waals surface area contributed by atoms with E-state index in [9.17, 15) is 9.59 Å². The van der Waals surface area contributed by atoms with E-state index in [0.717, 1.165) is 5.56 Å². The minimum absolute atomic E-state index is 0.0201. The van der Waals surface area contributed by atoms with Crippen molar-refractivity contribution in [3.05, 3.63) is 28.3 Å². The van der Waals surface area contributed by atoms with Crippen molar-refractivity contribution in [3.8, 4) is 5.75 Å². The number of benzene rings is 1. The van der Waals surface area contributed by atoms with Crippen LogP contribution in [0.5, 0.6) is 5.75 Å². The van der Waals surface area contributed by atoms with Gasteiger partial charge in [0, 0.05) is 37.1 Å². The van der Waals surface area contributed by atoms with Crippen LogP contribution in [0.4, 0.5) is 0 Å². The first kappa shape index (κ1) is 17.6. The lowest BCUT2D eigenvalue weighted by molar-refractivity contribution is -0.135. The van der Waals surface area contributed by atoms with E-state index < -0.39 is 0 Å². The zero-order chi connectivity index (χ0) is 17.1. The van der Waals surface area contributed by atoms with Crippen LogP contribution in [-0.4, -0.2) is 54.9 Å². The molecule has 1 saturated heterocycles. The lowest BCUT2D eigenvalue weighted by Gasteiger charge is -2.35. The van der Waals surface area contributed by atoms with Gasteiger partial charge in [0.2, 0.25) is 5.91 Å². The van der Waals surface area contributed by atoms with Crippen LogP contribution in [-0.2, 0) is 4.79 Å². The molecule has 0 unspecified atom stereocenters. The number of carbonyl (C=O) groups excluding carboxylic acids is 2. The molecule has 126 valence electrons. The summed E-state index contributed by atoms with van der Waals surface area (Å²) in [5, 5.41) is 0.544. The van der Waals surface area contributed by atoms with Crippen molar-refractivity contribution in [3.63, 3.8) is 0 Å². The summed E-state index contributed by atoms with van der Waals surface area (Å²) in [7, 11) is 1.54. The Hall–Kier alpha value is -1.75. The number of methoxy groups -OCH3 is 1. The summed E-state index contributed by atoms with van der Waals surface area (Å²) in [5.74, 6) is 0.527. The van der Waals surface area contributed by atoms with E-state index in [0.29, 0.717) is 42.5 Å². The molecule has 0 spiro atoms. The normalized spacial score (nSPS) is 15.0. The summed E-state index contributed by atoms with van der Waals surface area (Å²) in [6, 6.07) is 3.43. The van der Waals surface area contributed by atoms with Gasteiger partial charge in [-0.1, -0.05) is 25.4 Å². The molecule has 0 atom stereocenters. The van der Waals surface area contributed by atoms with E-state index in [1.165, 1.54) is 0 Å². The Morgan fingerprint density at radius 1 is 1.13 bits per heavy atom. The maximum absolute atomic E-state index is 12.7. The highest BCUT2D eigenvalue weighted by molar-refractivity contribution is 6.31. The molecule has 0 bridgehead atoms. The molecule has 0 N–H and O–H groups in total. The first-order chi connectivity index (χ1) is 10.8. The van der Waals surface area contributed by atoms with Gasteiger partial charge in [-0.3, -0.25) is 9.59 Å². The molecule has 0 aliphatic carbocycles. The number of aryl methyl sites for hydroxylation is 1. The third-order valence-corrected chi connectivity index (χ3v) is 4.49. The summed E-state index contributed by atoms with van der Waals surface area (Å²) in [6.45, 7) is 7.81. The van der Waals surface area contributed by atoms with Crippen LogP contribution in [0, 0.1) is 12.8 Å². The van der Waals surface area contributed by atoms with Crippen LogP contribution in [0.2, 0.25) is 5.02 Å². The molecule has 0 radical (unpaired) electrons. The average molecular weight is 339 g/mol. The van der Waals surface area contributed by atoms with Gasteiger partial charge in [0.1, 0.15) is 5.75 Å². The van der Waals surface area contributed by atoms with Crippen LogP contribution >= 0.6 is 11.6 Å². The Kier molecular flexibility index (Phi) is 5.52. The Morgan fingerprint density at radius 3 is 2.22 bits per heavy atom. The minimum Gasteiger partial charge on any atom is -0.496 e. The van der Waals surface area contributed by atoms with Gasteiger partial charge in [0.15, 0.2) is 0 Å². The molecule has 2 amide bonds. The molecule has 5 nitrogen and oxygen atoms in total. The maximum atomic E-state index is 12.7. The number of ether oxygens (including phenoxy) is 1. The zero-order valence-corrected chi connectivity index (χ0v) is 14.8. The molecule has 2 rings (SSSR count). The number of amides is 2. The molecule has 1 fully saturated rings. The van der Waals surface area contributed by atoms with Gasteiger partial charge in [-0.05, 0) is 24.6 Å². The van der Waals surface area contributed by atoms with E-state index in [4.69, 9.17) is 16.3 Å². The highest BCUT2D eigenvalue weighted by Gasteiger charge is 2.27. The van der Waals surface area contributed by atoms with Gasteiger partial charge < -0.3 is 14.5 Å². The largest absolute Gasteiger partial charge is 0.496 e. The number of hydrogen-bond donors (Lipinski definition) is 0. The van der Waals surface area contributed by atoms with Gasteiger partial charge in [0.05, 0.1) is 12.7 Å². The number of rotatable bonds is 3. The van der Waals surface area contributed by atoms with Crippen molar-refractivity contribution in [2.24, 2.45) is 5.92 Å². The number of hydrogen-bond acceptors (Lipinski definition) is 3. The standard InChI is InChI=1S/C17H23ClN2O3/c1-11(2)16(21)19-5-7-20(8-6-19)17(22)13-10-14(18)12(3)9-15(13)23-4/h9-11H,5-8H2,1-4H3. The van der Waals surface area contributed by atoms with E-state index in [2.05, 4.69) is 0 Å². The van der Waals surface area contributed by atoms with Crippen LogP contribution in [0.25, 0.3) is 0 Å². The Morgan fingerprint density at radius 2 is 1.70 bits per heavy atom. The number of carbonyl (C=O) groups is 2. The predicted octanol–water partition coefficient (Wildman–Crippen LogP) is 2.60. The number of piperazine rings is 1. The average Bonchev–Trinajstić information content (AvgIpc) is 2.55. The molecule has 0 aromatic heterocycles. The van der Waals surface area contributed by atoms with Crippen LogP contribution in [0.1, 0.15) is 29.8 Å². The van der Waals surface area contributed by atoms with E-state index in [-0.39, 0.29) is 17.7 Å². The highest BCUT2D eigenvalue weighted by Crippen LogP contribution is 2.28. The minimum atomic E-state index is -0.111. The fraction of sp³-hybridized carbons (Fsp3) is 0.529. The fourth-order valence-electron chi connectivity index (χ4n) is 2.66. The van der Waals surface area contributed by atoms with Crippen molar-refractivity contribution in [2.75, 3.05) is 33.3 Å². The summed E-state index contributed by atoms with van der Waals surface area (Å²) in [5.41, 5.74) is 1.33. The first-order valence-electron chi connectivity index (χ1n) is 7.77. The van der Waals surface area contributed by atoms with E-state index in [1.807, 2.05) is 25.7 Å². The molecule has 1 aliphatic rings. The molecular formula is C17H23ClN2O3. The topological polar surface area (TPSA) is 49.9 Å². The lowest BCUT2D eigenvalue weighted by Crippen LogP contribution is -2.51. The number of nitrogens with zero attached hydrogens (tertiary/aromatic N) is 2. The second-order valence-electron chi connectivity index (χ2n) is 6.07. The van der Waals surface area contributed by atoms with Crippen molar-refractivity contribution < 1.29 is 14.3 Å². The van der Waals surface area contributed by atoms with E-state index in [1.54, 1.807) is 24.1 Å². The van der Waals surface area contributed by atoms with Crippen molar-refractivity contribution in [1.82, 2.24) is 9.80 Å². The molecule has 1 aliphatic heterocycles. The van der Waals surface area contributed by atoms with Crippen LogP contribution in [0.15, 0.2) is 12.1 Å². The zero-order valence-electron chi connectivity index (χ0n) is 14.1. The summed E-state index contributed by atoms with van der Waals surface area (Å²) >= 11 is 6.15. The van der Waals surface area contributed by atoms with Gasteiger partial charge in [-0.25, -0.2) is 0 Å². The smallest absolute Gasteiger partial charge is 0.257 e. The van der Waals surface area contributed by atoms with Gasteiger partial charge in [-0.2, -0.15) is 0 Å². The van der Waals surface area contributed by atoms with Crippen LogP contribution in [0.3, 0.4) is 0 Å². The predicted molar refractivity (Wildman–Crippen MR) is 90.1 cm³/mol. The second kappa shape index (κ2) is 7.21. The van der Waals surface area contributed by atoms with Crippen LogP contribution < -0.4 is 4.74 Å². The summed E-state index contributed by atoms with van der Waals surface area (Å²) in [6.07, 6.45) is 0. The van der Waals surface area contributed by atoms with Crippen molar-refractivity contribution in [2.45, 2.75) is 20.8 Å². The third kappa shape index (κ3) is 3.78. The van der Waals surface area contributed by atoms with Gasteiger partial charge in [-0.15, -0.1) is 0 Å². The fourth-order valence-corrected chi connectivity index (χ4v) is 2.82. The van der Waals surface area contributed by atoms with Crippen molar-refractivity contribution in [1.29, 1.82) is 0 Å². The highest BCUT2D eigenvalue weighted by atomic mass is 35.5. The van der Waals surface area contributed by atoms with Gasteiger partial charge in [0.25, 0.3) is 5.91 Å². The van der Waals surface area contributed by atoms with E-state index >= 15 is 0 Å². The quantitative estimate of drug-likeness (QED) is 0.851. The number of halogens is 1. The molecule has 0 saturated carbocycles. The monoisotopic (exact) mass is 338 g/mol. The summed E-state index contributed by atoms with van der Waals surface area (Å²) in [4.78, 5) is 28.3.